The lowest BCUT2D eigenvalue weighted by atomic mass is 10.0. The van der Waals surface area contributed by atoms with E-state index in [0.29, 0.717) is 24.2 Å². The SMILES string of the molecule is O=C(O)c1cc(F)cc(-c2cccc(S(=O)(=O)N3CCCC3)c2)c1. The zero-order chi connectivity index (χ0) is 17.3. The highest BCUT2D eigenvalue weighted by atomic mass is 32.2. The molecule has 0 amide bonds. The summed E-state index contributed by atoms with van der Waals surface area (Å²) < 4.78 is 40.3. The van der Waals surface area contributed by atoms with E-state index >= 15 is 0 Å². The molecular formula is C17H16FNO4S. The summed E-state index contributed by atoms with van der Waals surface area (Å²) in [7, 11) is -3.58. The van der Waals surface area contributed by atoms with Gasteiger partial charge in [0.05, 0.1) is 10.5 Å². The number of hydrogen-bond acceptors (Lipinski definition) is 3. The smallest absolute Gasteiger partial charge is 0.335 e. The van der Waals surface area contributed by atoms with Gasteiger partial charge in [-0.25, -0.2) is 17.6 Å². The van der Waals surface area contributed by atoms with Gasteiger partial charge >= 0.3 is 5.97 Å². The van der Waals surface area contributed by atoms with Gasteiger partial charge in [-0.2, -0.15) is 4.31 Å². The van der Waals surface area contributed by atoms with Crippen LogP contribution in [0.2, 0.25) is 0 Å². The highest BCUT2D eigenvalue weighted by Gasteiger charge is 2.27. The third-order valence-corrected chi connectivity index (χ3v) is 5.91. The summed E-state index contributed by atoms with van der Waals surface area (Å²) in [5.74, 6) is -1.92. The molecule has 0 aliphatic carbocycles. The van der Waals surface area contributed by atoms with Crippen molar-refractivity contribution >= 4 is 16.0 Å². The van der Waals surface area contributed by atoms with Crippen LogP contribution in [-0.4, -0.2) is 36.9 Å². The van der Waals surface area contributed by atoms with Crippen molar-refractivity contribution < 1.29 is 22.7 Å². The fourth-order valence-electron chi connectivity index (χ4n) is 2.79. The van der Waals surface area contributed by atoms with Gasteiger partial charge in [0.15, 0.2) is 0 Å². The highest BCUT2D eigenvalue weighted by molar-refractivity contribution is 7.89. The Morgan fingerprint density at radius 3 is 2.42 bits per heavy atom. The van der Waals surface area contributed by atoms with Crippen LogP contribution in [0.1, 0.15) is 23.2 Å². The Balaban J connectivity index is 2.04. The fraction of sp³-hybridized carbons (Fsp3) is 0.235. The van der Waals surface area contributed by atoms with Crippen LogP contribution >= 0.6 is 0 Å². The van der Waals surface area contributed by atoms with Crippen molar-refractivity contribution in [2.45, 2.75) is 17.7 Å². The monoisotopic (exact) mass is 349 g/mol. The maximum atomic E-state index is 13.7. The number of carbonyl (C=O) groups is 1. The fourth-order valence-corrected chi connectivity index (χ4v) is 4.36. The van der Waals surface area contributed by atoms with E-state index in [1.54, 1.807) is 12.1 Å². The van der Waals surface area contributed by atoms with Gasteiger partial charge < -0.3 is 5.11 Å². The van der Waals surface area contributed by atoms with Gasteiger partial charge in [0.25, 0.3) is 0 Å². The number of halogens is 1. The van der Waals surface area contributed by atoms with Gasteiger partial charge in [-0.3, -0.25) is 0 Å². The molecule has 126 valence electrons. The van der Waals surface area contributed by atoms with Gasteiger partial charge in [-0.15, -0.1) is 0 Å². The first-order valence-electron chi connectivity index (χ1n) is 7.52. The Bertz CT molecular complexity index is 889. The van der Waals surface area contributed by atoms with Crippen molar-refractivity contribution in [3.8, 4) is 11.1 Å². The molecule has 0 atom stereocenters. The maximum absolute atomic E-state index is 13.7. The third kappa shape index (κ3) is 3.18. The van der Waals surface area contributed by atoms with E-state index in [1.807, 2.05) is 0 Å². The van der Waals surface area contributed by atoms with E-state index in [1.165, 1.54) is 28.6 Å². The van der Waals surface area contributed by atoms with Crippen LogP contribution in [0.3, 0.4) is 0 Å². The van der Waals surface area contributed by atoms with Crippen molar-refractivity contribution in [2.75, 3.05) is 13.1 Å². The zero-order valence-corrected chi connectivity index (χ0v) is 13.6. The molecule has 1 fully saturated rings. The molecule has 1 aliphatic heterocycles. The van der Waals surface area contributed by atoms with E-state index in [-0.39, 0.29) is 10.5 Å². The molecule has 0 radical (unpaired) electrons. The van der Waals surface area contributed by atoms with Crippen LogP contribution in [0.5, 0.6) is 0 Å². The van der Waals surface area contributed by atoms with E-state index in [2.05, 4.69) is 0 Å². The molecule has 0 spiro atoms. The lowest BCUT2D eigenvalue weighted by Crippen LogP contribution is -2.27. The minimum Gasteiger partial charge on any atom is -0.478 e. The van der Waals surface area contributed by atoms with Gasteiger partial charge in [-0.1, -0.05) is 12.1 Å². The number of carboxylic acids is 1. The highest BCUT2D eigenvalue weighted by Crippen LogP contribution is 2.27. The second kappa shape index (κ2) is 6.33. The third-order valence-electron chi connectivity index (χ3n) is 4.01. The first kappa shape index (κ1) is 16.6. The molecule has 1 N–H and O–H groups in total. The molecule has 2 aromatic carbocycles. The predicted molar refractivity (Wildman–Crippen MR) is 86.8 cm³/mol. The Morgan fingerprint density at radius 1 is 1.04 bits per heavy atom. The summed E-state index contributed by atoms with van der Waals surface area (Å²) in [5, 5.41) is 9.04. The molecule has 24 heavy (non-hydrogen) atoms. The summed E-state index contributed by atoms with van der Waals surface area (Å²) in [6.45, 7) is 0.991. The predicted octanol–water partition coefficient (Wildman–Crippen LogP) is 2.98. The van der Waals surface area contributed by atoms with Crippen molar-refractivity contribution in [1.29, 1.82) is 0 Å². The summed E-state index contributed by atoms with van der Waals surface area (Å²) in [5.41, 5.74) is 0.598. The average molecular weight is 349 g/mol. The normalized spacial score (nSPS) is 15.5. The number of sulfonamides is 1. The van der Waals surface area contributed by atoms with Crippen LogP contribution in [0, 0.1) is 5.82 Å². The molecule has 0 aromatic heterocycles. The summed E-state index contributed by atoms with van der Waals surface area (Å²) >= 11 is 0. The van der Waals surface area contributed by atoms with Crippen LogP contribution in [0.4, 0.5) is 4.39 Å². The first-order valence-corrected chi connectivity index (χ1v) is 8.96. The van der Waals surface area contributed by atoms with Gasteiger partial charge in [0.1, 0.15) is 5.82 Å². The Labute approximate surface area is 139 Å². The number of nitrogens with zero attached hydrogens (tertiary/aromatic N) is 1. The minimum atomic E-state index is -3.58. The molecule has 7 heteroatoms. The van der Waals surface area contributed by atoms with E-state index in [9.17, 15) is 17.6 Å². The maximum Gasteiger partial charge on any atom is 0.335 e. The molecule has 3 rings (SSSR count). The van der Waals surface area contributed by atoms with Crippen LogP contribution < -0.4 is 0 Å². The van der Waals surface area contributed by atoms with Crippen molar-refractivity contribution in [3.63, 3.8) is 0 Å². The summed E-state index contributed by atoms with van der Waals surface area (Å²) in [4.78, 5) is 11.2. The first-order chi connectivity index (χ1) is 11.4. The molecule has 1 heterocycles. The number of aromatic carboxylic acids is 1. The van der Waals surface area contributed by atoms with Crippen molar-refractivity contribution in [3.05, 3.63) is 53.8 Å². The Kier molecular flexibility index (Phi) is 4.38. The van der Waals surface area contributed by atoms with E-state index in [4.69, 9.17) is 5.11 Å². The van der Waals surface area contributed by atoms with Crippen LogP contribution in [-0.2, 0) is 10.0 Å². The average Bonchev–Trinajstić information content (AvgIpc) is 3.09. The standard InChI is InChI=1S/C17H16FNO4S/c18-15-9-13(8-14(10-15)17(20)21)12-4-3-5-16(11-12)24(22,23)19-6-1-2-7-19/h3-5,8-11H,1-2,6-7H2,(H,20,21). The largest absolute Gasteiger partial charge is 0.478 e. The Morgan fingerprint density at radius 2 is 1.75 bits per heavy atom. The molecule has 5 nitrogen and oxygen atoms in total. The second-order valence-electron chi connectivity index (χ2n) is 5.67. The number of rotatable bonds is 4. The molecule has 0 bridgehead atoms. The van der Waals surface area contributed by atoms with Crippen LogP contribution in [0.25, 0.3) is 11.1 Å². The summed E-state index contributed by atoms with van der Waals surface area (Å²) in [6.07, 6.45) is 1.68. The van der Waals surface area contributed by atoms with E-state index < -0.39 is 21.8 Å². The summed E-state index contributed by atoms with van der Waals surface area (Å²) in [6, 6.07) is 9.59. The topological polar surface area (TPSA) is 74.7 Å². The van der Waals surface area contributed by atoms with Gasteiger partial charge in [0, 0.05) is 13.1 Å². The molecule has 0 saturated carbocycles. The number of hydrogen-bond donors (Lipinski definition) is 1. The molecule has 1 saturated heterocycles. The zero-order valence-electron chi connectivity index (χ0n) is 12.8. The van der Waals surface area contributed by atoms with Crippen molar-refractivity contribution in [1.82, 2.24) is 4.31 Å². The molecule has 1 aliphatic rings. The number of carboxylic acid groups (broad SMARTS) is 1. The van der Waals surface area contributed by atoms with E-state index in [0.717, 1.165) is 18.9 Å². The lowest BCUT2D eigenvalue weighted by molar-refractivity contribution is 0.0696. The van der Waals surface area contributed by atoms with Crippen LogP contribution in [0.15, 0.2) is 47.4 Å². The Hall–Kier alpha value is -2.25. The quantitative estimate of drug-likeness (QED) is 0.921. The van der Waals surface area contributed by atoms with Crippen molar-refractivity contribution in [2.24, 2.45) is 0 Å². The minimum absolute atomic E-state index is 0.128. The molecule has 0 unspecified atom stereocenters. The van der Waals surface area contributed by atoms with Gasteiger partial charge in [0.2, 0.25) is 10.0 Å². The lowest BCUT2D eigenvalue weighted by Gasteiger charge is -2.16. The molecule has 2 aromatic rings. The van der Waals surface area contributed by atoms with Gasteiger partial charge in [-0.05, 0) is 54.3 Å². The second-order valence-corrected chi connectivity index (χ2v) is 7.61. The molecular weight excluding hydrogens is 333 g/mol. The number of benzene rings is 2.